The van der Waals surface area contributed by atoms with Crippen molar-refractivity contribution < 1.29 is 4.74 Å². The molecule has 0 saturated carbocycles. The maximum Gasteiger partial charge on any atom is 0.0596 e. The SMILES string of the molecule is CCCNCC(C)C(C)N(C)CCOC(C)C. The second-order valence-electron chi connectivity index (χ2n) is 5.32. The molecule has 0 aliphatic heterocycles. The zero-order valence-electron chi connectivity index (χ0n) is 12.6. The summed E-state index contributed by atoms with van der Waals surface area (Å²) >= 11 is 0. The normalized spacial score (nSPS) is 15.5. The molecule has 0 heterocycles. The smallest absolute Gasteiger partial charge is 0.0596 e. The minimum atomic E-state index is 0.336. The summed E-state index contributed by atoms with van der Waals surface area (Å²) in [6, 6.07) is 0.593. The minimum Gasteiger partial charge on any atom is -0.377 e. The van der Waals surface area contributed by atoms with E-state index in [0.717, 1.165) is 26.2 Å². The molecule has 0 aliphatic rings. The van der Waals surface area contributed by atoms with Gasteiger partial charge >= 0.3 is 0 Å². The van der Waals surface area contributed by atoms with E-state index < -0.39 is 0 Å². The first kappa shape index (κ1) is 16.9. The van der Waals surface area contributed by atoms with E-state index in [1.807, 2.05) is 0 Å². The molecular weight excluding hydrogens is 212 g/mol. The van der Waals surface area contributed by atoms with Crippen LogP contribution in [0.2, 0.25) is 0 Å². The Labute approximate surface area is 108 Å². The highest BCUT2D eigenvalue weighted by atomic mass is 16.5. The summed E-state index contributed by atoms with van der Waals surface area (Å²) in [5.41, 5.74) is 0. The van der Waals surface area contributed by atoms with Gasteiger partial charge in [0.15, 0.2) is 0 Å². The van der Waals surface area contributed by atoms with Gasteiger partial charge in [-0.05, 0) is 53.2 Å². The summed E-state index contributed by atoms with van der Waals surface area (Å²) in [6.45, 7) is 15.0. The molecule has 17 heavy (non-hydrogen) atoms. The average Bonchev–Trinajstić information content (AvgIpc) is 2.27. The van der Waals surface area contributed by atoms with Crippen molar-refractivity contribution in [2.45, 2.75) is 53.2 Å². The first-order chi connectivity index (χ1) is 7.99. The number of rotatable bonds is 10. The Hall–Kier alpha value is -0.120. The summed E-state index contributed by atoms with van der Waals surface area (Å²) in [4.78, 5) is 2.39. The molecule has 1 N–H and O–H groups in total. The fourth-order valence-electron chi connectivity index (χ4n) is 1.75. The summed E-state index contributed by atoms with van der Waals surface area (Å²) in [6.07, 6.45) is 1.54. The lowest BCUT2D eigenvalue weighted by atomic mass is 10.0. The van der Waals surface area contributed by atoms with Crippen LogP contribution < -0.4 is 5.32 Å². The highest BCUT2D eigenvalue weighted by molar-refractivity contribution is 4.72. The zero-order chi connectivity index (χ0) is 13.3. The van der Waals surface area contributed by atoms with Gasteiger partial charge in [0, 0.05) is 12.6 Å². The van der Waals surface area contributed by atoms with E-state index in [-0.39, 0.29) is 0 Å². The zero-order valence-corrected chi connectivity index (χ0v) is 12.6. The molecule has 0 fully saturated rings. The third kappa shape index (κ3) is 8.58. The molecule has 0 aromatic carbocycles. The number of hydrogen-bond donors (Lipinski definition) is 1. The quantitative estimate of drug-likeness (QED) is 0.597. The Bertz CT molecular complexity index is 174. The highest BCUT2D eigenvalue weighted by Gasteiger charge is 2.16. The van der Waals surface area contributed by atoms with Gasteiger partial charge in [0.05, 0.1) is 12.7 Å². The lowest BCUT2D eigenvalue weighted by Crippen LogP contribution is -2.40. The first-order valence-corrected chi connectivity index (χ1v) is 7.01. The van der Waals surface area contributed by atoms with Crippen LogP contribution in [0.25, 0.3) is 0 Å². The van der Waals surface area contributed by atoms with Crippen molar-refractivity contribution in [2.75, 3.05) is 33.3 Å². The topological polar surface area (TPSA) is 24.5 Å². The number of nitrogens with one attached hydrogen (secondary N) is 1. The molecule has 0 radical (unpaired) electrons. The van der Waals surface area contributed by atoms with Gasteiger partial charge in [-0.1, -0.05) is 13.8 Å². The van der Waals surface area contributed by atoms with Gasteiger partial charge in [-0.3, -0.25) is 0 Å². The molecule has 0 bridgehead atoms. The van der Waals surface area contributed by atoms with Crippen LogP contribution in [0.1, 0.15) is 41.0 Å². The van der Waals surface area contributed by atoms with E-state index in [1.165, 1.54) is 6.42 Å². The predicted octanol–water partition coefficient (Wildman–Crippen LogP) is 2.37. The molecule has 0 aromatic heterocycles. The van der Waals surface area contributed by atoms with Gasteiger partial charge in [-0.2, -0.15) is 0 Å². The Morgan fingerprint density at radius 1 is 1.18 bits per heavy atom. The van der Waals surface area contributed by atoms with Crippen molar-refractivity contribution in [3.63, 3.8) is 0 Å². The predicted molar refractivity (Wildman–Crippen MR) is 75.5 cm³/mol. The molecule has 0 saturated heterocycles. The minimum absolute atomic E-state index is 0.336. The molecule has 104 valence electrons. The van der Waals surface area contributed by atoms with Crippen molar-refractivity contribution in [1.82, 2.24) is 10.2 Å². The van der Waals surface area contributed by atoms with Gasteiger partial charge in [-0.15, -0.1) is 0 Å². The molecule has 0 aromatic rings. The molecular formula is C14H32N2O. The van der Waals surface area contributed by atoms with Crippen molar-refractivity contribution >= 4 is 0 Å². The Morgan fingerprint density at radius 3 is 2.35 bits per heavy atom. The number of likely N-dealkylation sites (N-methyl/N-ethyl adjacent to an activating group) is 1. The first-order valence-electron chi connectivity index (χ1n) is 7.01. The maximum atomic E-state index is 5.58. The van der Waals surface area contributed by atoms with Crippen molar-refractivity contribution in [1.29, 1.82) is 0 Å². The van der Waals surface area contributed by atoms with Crippen LogP contribution in [0.4, 0.5) is 0 Å². The van der Waals surface area contributed by atoms with E-state index in [2.05, 4.69) is 51.9 Å². The Balaban J connectivity index is 3.73. The summed E-state index contributed by atoms with van der Waals surface area (Å²) in [7, 11) is 2.19. The van der Waals surface area contributed by atoms with E-state index in [0.29, 0.717) is 18.1 Å². The lowest BCUT2D eigenvalue weighted by molar-refractivity contribution is 0.0519. The van der Waals surface area contributed by atoms with E-state index in [4.69, 9.17) is 4.74 Å². The molecule has 0 spiro atoms. The Kier molecular flexibility index (Phi) is 9.79. The molecule has 3 heteroatoms. The van der Waals surface area contributed by atoms with Crippen molar-refractivity contribution in [3.8, 4) is 0 Å². The van der Waals surface area contributed by atoms with E-state index in [9.17, 15) is 0 Å². The molecule has 2 atom stereocenters. The third-order valence-corrected chi connectivity index (χ3v) is 3.31. The van der Waals surface area contributed by atoms with Crippen LogP contribution in [0.15, 0.2) is 0 Å². The number of ether oxygens (including phenoxy) is 1. The van der Waals surface area contributed by atoms with Crippen molar-refractivity contribution in [2.24, 2.45) is 5.92 Å². The Morgan fingerprint density at radius 2 is 1.82 bits per heavy atom. The molecule has 0 rings (SSSR count). The standard InChI is InChI=1S/C14H32N2O/c1-7-8-15-11-13(4)14(5)16(6)9-10-17-12(2)3/h12-15H,7-11H2,1-6H3. The fourth-order valence-corrected chi connectivity index (χ4v) is 1.75. The summed E-state index contributed by atoms with van der Waals surface area (Å²) < 4.78 is 5.58. The van der Waals surface area contributed by atoms with Crippen LogP contribution in [0, 0.1) is 5.92 Å². The van der Waals surface area contributed by atoms with Gasteiger partial charge in [0.25, 0.3) is 0 Å². The van der Waals surface area contributed by atoms with Crippen LogP contribution in [0.5, 0.6) is 0 Å². The molecule has 0 amide bonds. The summed E-state index contributed by atoms with van der Waals surface area (Å²) in [5, 5.41) is 3.49. The van der Waals surface area contributed by atoms with Gasteiger partial charge in [-0.25, -0.2) is 0 Å². The van der Waals surface area contributed by atoms with Gasteiger partial charge in [0.2, 0.25) is 0 Å². The van der Waals surface area contributed by atoms with E-state index in [1.54, 1.807) is 0 Å². The average molecular weight is 244 g/mol. The fraction of sp³-hybridized carbons (Fsp3) is 1.00. The van der Waals surface area contributed by atoms with Crippen LogP contribution in [-0.4, -0.2) is 50.3 Å². The number of hydrogen-bond acceptors (Lipinski definition) is 3. The van der Waals surface area contributed by atoms with E-state index >= 15 is 0 Å². The van der Waals surface area contributed by atoms with Crippen LogP contribution >= 0.6 is 0 Å². The molecule has 3 nitrogen and oxygen atoms in total. The lowest BCUT2D eigenvalue weighted by Gasteiger charge is -2.30. The summed E-state index contributed by atoms with van der Waals surface area (Å²) in [5.74, 6) is 0.672. The van der Waals surface area contributed by atoms with Gasteiger partial charge < -0.3 is 15.0 Å². The maximum absolute atomic E-state index is 5.58. The molecule has 2 unspecified atom stereocenters. The van der Waals surface area contributed by atoms with Crippen molar-refractivity contribution in [3.05, 3.63) is 0 Å². The highest BCUT2D eigenvalue weighted by Crippen LogP contribution is 2.08. The van der Waals surface area contributed by atoms with Gasteiger partial charge in [0.1, 0.15) is 0 Å². The van der Waals surface area contributed by atoms with Crippen LogP contribution in [0.3, 0.4) is 0 Å². The third-order valence-electron chi connectivity index (χ3n) is 3.31. The second-order valence-corrected chi connectivity index (χ2v) is 5.32. The molecule has 0 aliphatic carbocycles. The van der Waals surface area contributed by atoms with Crippen LogP contribution in [-0.2, 0) is 4.74 Å². The number of nitrogens with zero attached hydrogens (tertiary/aromatic N) is 1. The monoisotopic (exact) mass is 244 g/mol. The second kappa shape index (κ2) is 9.86. The largest absolute Gasteiger partial charge is 0.377 e.